The molecule has 1 unspecified atom stereocenters. The average Bonchev–Trinajstić information content (AvgIpc) is 2.29. The molecule has 0 saturated carbocycles. The van der Waals surface area contributed by atoms with Gasteiger partial charge >= 0.3 is 0 Å². The Bertz CT molecular complexity index is 401. The number of anilines is 1. The zero-order valence-electron chi connectivity index (χ0n) is 10.7. The van der Waals surface area contributed by atoms with E-state index in [1.807, 2.05) is 6.92 Å². The molecule has 3 heteroatoms. The molecule has 0 fully saturated rings. The van der Waals surface area contributed by atoms with E-state index < -0.39 is 6.10 Å². The highest BCUT2D eigenvalue weighted by atomic mass is 19.1. The van der Waals surface area contributed by atoms with Gasteiger partial charge in [0.15, 0.2) is 0 Å². The Labute approximate surface area is 102 Å². The SMILES string of the molecule is C=CCN(CC)c1cc(C)c(F)cc1C(C)O. The van der Waals surface area contributed by atoms with Gasteiger partial charge in [0.05, 0.1) is 6.10 Å². The van der Waals surface area contributed by atoms with Gasteiger partial charge in [-0.05, 0) is 38.5 Å². The molecule has 0 amide bonds. The average molecular weight is 237 g/mol. The summed E-state index contributed by atoms with van der Waals surface area (Å²) in [6.45, 7) is 10.6. The topological polar surface area (TPSA) is 23.5 Å². The summed E-state index contributed by atoms with van der Waals surface area (Å²) in [5, 5.41) is 9.71. The first-order valence-electron chi connectivity index (χ1n) is 5.85. The quantitative estimate of drug-likeness (QED) is 0.795. The maximum atomic E-state index is 13.5. The lowest BCUT2D eigenvalue weighted by molar-refractivity contribution is 0.199. The van der Waals surface area contributed by atoms with Crippen LogP contribution in [0.5, 0.6) is 0 Å². The van der Waals surface area contributed by atoms with Crippen LogP contribution in [-0.4, -0.2) is 18.2 Å². The van der Waals surface area contributed by atoms with Gasteiger partial charge in [-0.25, -0.2) is 4.39 Å². The lowest BCUT2D eigenvalue weighted by atomic mass is 10.0. The molecule has 0 heterocycles. The van der Waals surface area contributed by atoms with Crippen LogP contribution in [0.1, 0.15) is 31.1 Å². The largest absolute Gasteiger partial charge is 0.389 e. The Morgan fingerprint density at radius 3 is 2.65 bits per heavy atom. The molecule has 0 saturated heterocycles. The van der Waals surface area contributed by atoms with E-state index in [0.29, 0.717) is 17.7 Å². The van der Waals surface area contributed by atoms with Gasteiger partial charge in [0.2, 0.25) is 0 Å². The first-order chi connectivity index (χ1) is 8.01. The molecule has 0 radical (unpaired) electrons. The molecule has 1 rings (SSSR count). The molecule has 0 aliphatic rings. The minimum Gasteiger partial charge on any atom is -0.389 e. The highest BCUT2D eigenvalue weighted by Gasteiger charge is 2.15. The number of aryl methyl sites for hydroxylation is 1. The van der Waals surface area contributed by atoms with E-state index >= 15 is 0 Å². The summed E-state index contributed by atoms with van der Waals surface area (Å²) >= 11 is 0. The minimum absolute atomic E-state index is 0.278. The minimum atomic E-state index is -0.682. The van der Waals surface area contributed by atoms with E-state index in [1.54, 1.807) is 26.0 Å². The zero-order valence-corrected chi connectivity index (χ0v) is 10.7. The highest BCUT2D eigenvalue weighted by molar-refractivity contribution is 5.57. The van der Waals surface area contributed by atoms with Crippen molar-refractivity contribution >= 4 is 5.69 Å². The zero-order chi connectivity index (χ0) is 13.0. The van der Waals surface area contributed by atoms with Crippen LogP contribution in [0.15, 0.2) is 24.8 Å². The molecule has 1 atom stereocenters. The summed E-state index contributed by atoms with van der Waals surface area (Å²) in [6, 6.07) is 3.20. The van der Waals surface area contributed by atoms with E-state index in [1.165, 1.54) is 6.07 Å². The number of nitrogens with zero attached hydrogens (tertiary/aromatic N) is 1. The Morgan fingerprint density at radius 2 is 2.18 bits per heavy atom. The second-order valence-corrected chi connectivity index (χ2v) is 4.16. The van der Waals surface area contributed by atoms with E-state index in [2.05, 4.69) is 11.5 Å². The van der Waals surface area contributed by atoms with Gasteiger partial charge in [-0.1, -0.05) is 6.08 Å². The fraction of sp³-hybridized carbons (Fsp3) is 0.429. The van der Waals surface area contributed by atoms with Crippen LogP contribution < -0.4 is 4.90 Å². The van der Waals surface area contributed by atoms with Gasteiger partial charge in [-0.3, -0.25) is 0 Å². The van der Waals surface area contributed by atoms with E-state index in [9.17, 15) is 9.50 Å². The number of hydrogen-bond acceptors (Lipinski definition) is 2. The fourth-order valence-electron chi connectivity index (χ4n) is 1.84. The molecular formula is C14H20FNO. The Hall–Kier alpha value is -1.35. The van der Waals surface area contributed by atoms with Crippen LogP contribution in [0.2, 0.25) is 0 Å². The van der Waals surface area contributed by atoms with Gasteiger partial charge in [0.1, 0.15) is 5.82 Å². The molecule has 94 valence electrons. The standard InChI is InChI=1S/C14H20FNO/c1-5-7-16(6-2)14-8-10(3)13(15)9-12(14)11(4)17/h5,8-9,11,17H,1,6-7H2,2-4H3. The molecule has 0 aliphatic heterocycles. The lowest BCUT2D eigenvalue weighted by Gasteiger charge is -2.26. The monoisotopic (exact) mass is 237 g/mol. The number of aliphatic hydroxyl groups is 1. The number of likely N-dealkylation sites (N-methyl/N-ethyl adjacent to an activating group) is 1. The maximum Gasteiger partial charge on any atom is 0.126 e. The molecule has 0 bridgehead atoms. The number of rotatable bonds is 5. The van der Waals surface area contributed by atoms with Gasteiger partial charge in [-0.2, -0.15) is 0 Å². The number of benzene rings is 1. The first-order valence-corrected chi connectivity index (χ1v) is 5.85. The molecule has 0 spiro atoms. The van der Waals surface area contributed by atoms with Crippen molar-refractivity contribution in [1.82, 2.24) is 0 Å². The van der Waals surface area contributed by atoms with Crippen molar-refractivity contribution in [3.05, 3.63) is 41.7 Å². The summed E-state index contributed by atoms with van der Waals surface area (Å²) in [5.41, 5.74) is 2.09. The number of halogens is 1. The predicted molar refractivity (Wildman–Crippen MR) is 69.9 cm³/mol. The second kappa shape index (κ2) is 5.82. The van der Waals surface area contributed by atoms with Crippen molar-refractivity contribution in [2.24, 2.45) is 0 Å². The van der Waals surface area contributed by atoms with Crippen molar-refractivity contribution in [1.29, 1.82) is 0 Å². The Morgan fingerprint density at radius 1 is 1.53 bits per heavy atom. The molecule has 0 aliphatic carbocycles. The molecule has 1 aromatic carbocycles. The first kappa shape index (κ1) is 13.7. The van der Waals surface area contributed by atoms with E-state index in [-0.39, 0.29) is 5.82 Å². The highest BCUT2D eigenvalue weighted by Crippen LogP contribution is 2.29. The van der Waals surface area contributed by atoms with Crippen LogP contribution in [0.3, 0.4) is 0 Å². The van der Waals surface area contributed by atoms with Crippen LogP contribution in [0.4, 0.5) is 10.1 Å². The second-order valence-electron chi connectivity index (χ2n) is 4.16. The molecule has 0 aromatic heterocycles. The van der Waals surface area contributed by atoms with Crippen molar-refractivity contribution in [3.63, 3.8) is 0 Å². The molecule has 1 N–H and O–H groups in total. The van der Waals surface area contributed by atoms with Crippen molar-refractivity contribution in [2.45, 2.75) is 26.9 Å². The van der Waals surface area contributed by atoms with Gasteiger partial charge in [0, 0.05) is 24.3 Å². The van der Waals surface area contributed by atoms with Gasteiger partial charge in [0.25, 0.3) is 0 Å². The van der Waals surface area contributed by atoms with Crippen LogP contribution in [-0.2, 0) is 0 Å². The van der Waals surface area contributed by atoms with Crippen LogP contribution >= 0.6 is 0 Å². The molecule has 17 heavy (non-hydrogen) atoms. The summed E-state index contributed by atoms with van der Waals surface area (Å²) in [5.74, 6) is -0.278. The summed E-state index contributed by atoms with van der Waals surface area (Å²) in [6.07, 6.45) is 1.12. The third kappa shape index (κ3) is 3.07. The number of aliphatic hydroxyl groups excluding tert-OH is 1. The maximum absolute atomic E-state index is 13.5. The fourth-order valence-corrected chi connectivity index (χ4v) is 1.84. The van der Waals surface area contributed by atoms with Gasteiger partial charge in [-0.15, -0.1) is 6.58 Å². The number of hydrogen-bond donors (Lipinski definition) is 1. The summed E-state index contributed by atoms with van der Waals surface area (Å²) in [4.78, 5) is 2.06. The Kier molecular flexibility index (Phi) is 4.70. The smallest absolute Gasteiger partial charge is 0.126 e. The Balaban J connectivity index is 3.28. The lowest BCUT2D eigenvalue weighted by Crippen LogP contribution is -2.24. The summed E-state index contributed by atoms with van der Waals surface area (Å²) < 4.78 is 13.5. The van der Waals surface area contributed by atoms with Gasteiger partial charge < -0.3 is 10.0 Å². The van der Waals surface area contributed by atoms with Crippen molar-refractivity contribution in [2.75, 3.05) is 18.0 Å². The summed E-state index contributed by atoms with van der Waals surface area (Å²) in [7, 11) is 0. The molecular weight excluding hydrogens is 217 g/mol. The normalized spacial score (nSPS) is 12.3. The molecule has 2 nitrogen and oxygen atoms in total. The van der Waals surface area contributed by atoms with E-state index in [0.717, 1.165) is 12.2 Å². The third-order valence-electron chi connectivity index (χ3n) is 2.83. The van der Waals surface area contributed by atoms with Crippen LogP contribution in [0, 0.1) is 12.7 Å². The van der Waals surface area contributed by atoms with E-state index in [4.69, 9.17) is 0 Å². The van der Waals surface area contributed by atoms with Crippen molar-refractivity contribution in [3.8, 4) is 0 Å². The molecule has 1 aromatic rings. The third-order valence-corrected chi connectivity index (χ3v) is 2.83. The van der Waals surface area contributed by atoms with Crippen molar-refractivity contribution < 1.29 is 9.50 Å². The predicted octanol–water partition coefficient (Wildman–Crippen LogP) is 3.20. The van der Waals surface area contributed by atoms with Crippen LogP contribution in [0.25, 0.3) is 0 Å².